The quantitative estimate of drug-likeness (QED) is 0.774. The lowest BCUT2D eigenvalue weighted by atomic mass is 10.2. The van der Waals surface area contributed by atoms with Gasteiger partial charge in [-0.25, -0.2) is 4.98 Å². The minimum Gasteiger partial charge on any atom is -0.484 e. The molecule has 5 heteroatoms. The Kier molecular flexibility index (Phi) is 2.94. The van der Waals surface area contributed by atoms with Crippen LogP contribution in [0.2, 0.25) is 0 Å². The van der Waals surface area contributed by atoms with Crippen LogP contribution in [0.4, 0.5) is 0 Å². The number of nitrogens with zero attached hydrogens (tertiary/aromatic N) is 2. The lowest BCUT2D eigenvalue weighted by Crippen LogP contribution is -2.13. The molecule has 5 nitrogen and oxygen atoms in total. The molecule has 2 aromatic heterocycles. The summed E-state index contributed by atoms with van der Waals surface area (Å²) in [5, 5.41) is 0.577. The number of aromatic nitrogens is 3. The zero-order valence-electron chi connectivity index (χ0n) is 10.0. The van der Waals surface area contributed by atoms with E-state index in [1.165, 1.54) is 0 Å². The first-order chi connectivity index (χ1) is 9.33. The van der Waals surface area contributed by atoms with Crippen LogP contribution in [0.5, 0.6) is 5.75 Å². The second-order valence-corrected chi connectivity index (χ2v) is 4.01. The molecule has 0 bridgehead atoms. The van der Waals surface area contributed by atoms with Gasteiger partial charge in [0.25, 0.3) is 5.56 Å². The van der Waals surface area contributed by atoms with Crippen LogP contribution in [0.3, 0.4) is 0 Å². The third kappa shape index (κ3) is 2.44. The lowest BCUT2D eigenvalue weighted by molar-refractivity contribution is 0.295. The monoisotopic (exact) mass is 253 g/mol. The molecule has 19 heavy (non-hydrogen) atoms. The molecule has 0 radical (unpaired) electrons. The van der Waals surface area contributed by atoms with Gasteiger partial charge in [-0.3, -0.25) is 9.78 Å². The number of hydrogen-bond donors (Lipinski definition) is 1. The second-order valence-electron chi connectivity index (χ2n) is 4.01. The maximum atomic E-state index is 11.8. The molecule has 0 unspecified atom stereocenters. The average Bonchev–Trinajstić information content (AvgIpc) is 2.46. The van der Waals surface area contributed by atoms with Gasteiger partial charge < -0.3 is 9.72 Å². The van der Waals surface area contributed by atoms with Gasteiger partial charge in [-0.05, 0) is 24.3 Å². The number of para-hydroxylation sites is 1. The van der Waals surface area contributed by atoms with Crippen molar-refractivity contribution < 1.29 is 4.74 Å². The number of pyridine rings is 1. The Morgan fingerprint density at radius 3 is 2.89 bits per heavy atom. The summed E-state index contributed by atoms with van der Waals surface area (Å²) < 4.78 is 5.50. The first-order valence-electron chi connectivity index (χ1n) is 5.84. The highest BCUT2D eigenvalue weighted by atomic mass is 16.5. The average molecular weight is 253 g/mol. The number of H-pyrrole nitrogens is 1. The Hall–Kier alpha value is -2.69. The summed E-state index contributed by atoms with van der Waals surface area (Å²) in [7, 11) is 0. The predicted molar refractivity (Wildman–Crippen MR) is 70.9 cm³/mol. The van der Waals surface area contributed by atoms with Crippen molar-refractivity contribution in [3.8, 4) is 5.75 Å². The van der Waals surface area contributed by atoms with Crippen molar-refractivity contribution >= 4 is 10.9 Å². The molecule has 3 aromatic rings. The van der Waals surface area contributed by atoms with Gasteiger partial charge in [-0.1, -0.05) is 12.1 Å². The van der Waals surface area contributed by atoms with E-state index in [9.17, 15) is 4.79 Å². The molecule has 1 N–H and O–H groups in total. The van der Waals surface area contributed by atoms with E-state index in [0.29, 0.717) is 22.5 Å². The van der Waals surface area contributed by atoms with Gasteiger partial charge in [0.1, 0.15) is 18.2 Å². The fraction of sp³-hybridized carbons (Fsp3) is 0.0714. The molecule has 0 amide bonds. The third-order valence-corrected chi connectivity index (χ3v) is 2.67. The maximum absolute atomic E-state index is 11.8. The number of aromatic amines is 1. The highest BCUT2D eigenvalue weighted by molar-refractivity contribution is 5.77. The van der Waals surface area contributed by atoms with Crippen LogP contribution in [-0.4, -0.2) is 15.0 Å². The van der Waals surface area contributed by atoms with Crippen molar-refractivity contribution in [3.63, 3.8) is 0 Å². The molecular weight excluding hydrogens is 242 g/mol. The van der Waals surface area contributed by atoms with E-state index in [4.69, 9.17) is 4.74 Å². The van der Waals surface area contributed by atoms with E-state index in [1.807, 2.05) is 12.1 Å². The highest BCUT2D eigenvalue weighted by Gasteiger charge is 2.03. The van der Waals surface area contributed by atoms with E-state index in [-0.39, 0.29) is 12.2 Å². The van der Waals surface area contributed by atoms with E-state index in [1.54, 1.807) is 36.7 Å². The van der Waals surface area contributed by atoms with Gasteiger partial charge in [0, 0.05) is 6.20 Å². The van der Waals surface area contributed by atoms with Crippen molar-refractivity contribution in [2.45, 2.75) is 6.61 Å². The van der Waals surface area contributed by atoms with Crippen molar-refractivity contribution in [3.05, 3.63) is 65.0 Å². The summed E-state index contributed by atoms with van der Waals surface area (Å²) in [5.41, 5.74) is 0.506. The van der Waals surface area contributed by atoms with Crippen LogP contribution in [0.1, 0.15) is 5.82 Å². The van der Waals surface area contributed by atoms with E-state index >= 15 is 0 Å². The zero-order valence-corrected chi connectivity index (χ0v) is 10.0. The lowest BCUT2D eigenvalue weighted by Gasteiger charge is -2.05. The molecule has 0 saturated heterocycles. The van der Waals surface area contributed by atoms with Crippen molar-refractivity contribution in [2.24, 2.45) is 0 Å². The topological polar surface area (TPSA) is 67.9 Å². The van der Waals surface area contributed by atoms with Gasteiger partial charge in [0.2, 0.25) is 0 Å². The van der Waals surface area contributed by atoms with Crippen LogP contribution in [0.15, 0.2) is 53.6 Å². The normalized spacial score (nSPS) is 10.5. The smallest absolute Gasteiger partial charge is 0.258 e. The third-order valence-electron chi connectivity index (χ3n) is 2.67. The first-order valence-corrected chi connectivity index (χ1v) is 5.84. The predicted octanol–water partition coefficient (Wildman–Crippen LogP) is 1.90. The number of rotatable bonds is 3. The summed E-state index contributed by atoms with van der Waals surface area (Å²) in [6.45, 7) is 0.200. The Bertz CT molecular complexity index is 753. The fourth-order valence-electron chi connectivity index (χ4n) is 1.79. The standard InChI is InChI=1S/C14H11N3O2/c18-14-11-5-1-2-6-12(11)16-13(17-14)9-19-10-4-3-7-15-8-10/h1-8H,9H2,(H,16,17,18). The molecule has 2 heterocycles. The van der Waals surface area contributed by atoms with Gasteiger partial charge in [0.15, 0.2) is 0 Å². The molecule has 94 valence electrons. The van der Waals surface area contributed by atoms with Crippen LogP contribution in [-0.2, 0) is 6.61 Å². The van der Waals surface area contributed by atoms with E-state index in [2.05, 4.69) is 15.0 Å². The number of fused-ring (bicyclic) bond motifs is 1. The largest absolute Gasteiger partial charge is 0.484 e. The molecule has 3 rings (SSSR count). The van der Waals surface area contributed by atoms with Gasteiger partial charge in [-0.15, -0.1) is 0 Å². The van der Waals surface area contributed by atoms with Gasteiger partial charge >= 0.3 is 0 Å². The molecule has 0 saturated carbocycles. The molecule has 0 atom stereocenters. The number of nitrogens with one attached hydrogen (secondary N) is 1. The first kappa shape index (κ1) is 11.4. The molecule has 0 spiro atoms. The zero-order chi connectivity index (χ0) is 13.1. The fourth-order valence-corrected chi connectivity index (χ4v) is 1.79. The Morgan fingerprint density at radius 2 is 2.05 bits per heavy atom. The van der Waals surface area contributed by atoms with Crippen LogP contribution < -0.4 is 10.3 Å². The highest BCUT2D eigenvalue weighted by Crippen LogP contribution is 2.09. The van der Waals surface area contributed by atoms with E-state index < -0.39 is 0 Å². The molecule has 0 aliphatic rings. The van der Waals surface area contributed by atoms with Gasteiger partial charge in [-0.2, -0.15) is 0 Å². The van der Waals surface area contributed by atoms with Crippen molar-refractivity contribution in [1.29, 1.82) is 0 Å². The number of ether oxygens (including phenoxy) is 1. The van der Waals surface area contributed by atoms with Crippen LogP contribution in [0.25, 0.3) is 10.9 Å². The minimum absolute atomic E-state index is 0.157. The SMILES string of the molecule is O=c1[nH]c(COc2cccnc2)nc2ccccc12. The minimum atomic E-state index is -0.157. The molecule has 0 aliphatic carbocycles. The molecule has 0 fully saturated rings. The van der Waals surface area contributed by atoms with Crippen molar-refractivity contribution in [1.82, 2.24) is 15.0 Å². The number of benzene rings is 1. The second kappa shape index (κ2) is 4.89. The Balaban J connectivity index is 1.88. The summed E-state index contributed by atoms with van der Waals surface area (Å²) in [5.74, 6) is 1.13. The van der Waals surface area contributed by atoms with Gasteiger partial charge in [0.05, 0.1) is 17.1 Å². The summed E-state index contributed by atoms with van der Waals surface area (Å²) >= 11 is 0. The van der Waals surface area contributed by atoms with Crippen LogP contribution >= 0.6 is 0 Å². The summed E-state index contributed by atoms with van der Waals surface area (Å²) in [6.07, 6.45) is 3.28. The Morgan fingerprint density at radius 1 is 1.16 bits per heavy atom. The molecule has 1 aromatic carbocycles. The Labute approximate surface area is 108 Å². The molecular formula is C14H11N3O2. The van der Waals surface area contributed by atoms with E-state index in [0.717, 1.165) is 0 Å². The number of hydrogen-bond acceptors (Lipinski definition) is 4. The molecule has 0 aliphatic heterocycles. The summed E-state index contributed by atoms with van der Waals surface area (Å²) in [6, 6.07) is 10.8. The summed E-state index contributed by atoms with van der Waals surface area (Å²) in [4.78, 5) is 22.9. The van der Waals surface area contributed by atoms with Crippen molar-refractivity contribution in [2.75, 3.05) is 0 Å². The maximum Gasteiger partial charge on any atom is 0.258 e. The van der Waals surface area contributed by atoms with Crippen LogP contribution in [0, 0.1) is 0 Å².